The van der Waals surface area contributed by atoms with Crippen molar-refractivity contribution in [1.29, 1.82) is 0 Å². The van der Waals surface area contributed by atoms with Gasteiger partial charge < -0.3 is 16.0 Å². The van der Waals surface area contributed by atoms with E-state index in [1.54, 1.807) is 6.07 Å². The van der Waals surface area contributed by atoms with Crippen molar-refractivity contribution in [2.24, 2.45) is 0 Å². The molecule has 1 fully saturated rings. The number of piperazine rings is 1. The standard InChI is InChI=1S/C27H26ClFN6/c28-22-17-21(11-12-23(22)29)33-26-24(30)27(32-18-31-26)35-15-13-34(14-16-35)25(19-7-3-1-4-8-19)20-9-5-2-6-10-20/h1-12,17-18,25H,13-16,30H2,(H,31,32,33). The molecule has 3 aromatic carbocycles. The monoisotopic (exact) mass is 488 g/mol. The lowest BCUT2D eigenvalue weighted by Gasteiger charge is -2.40. The van der Waals surface area contributed by atoms with Gasteiger partial charge >= 0.3 is 0 Å². The summed E-state index contributed by atoms with van der Waals surface area (Å²) >= 11 is 5.91. The number of aromatic nitrogens is 2. The van der Waals surface area contributed by atoms with Crippen molar-refractivity contribution < 1.29 is 4.39 Å². The number of hydrogen-bond donors (Lipinski definition) is 2. The number of halogens is 2. The van der Waals surface area contributed by atoms with E-state index in [2.05, 4.69) is 73.6 Å². The van der Waals surface area contributed by atoms with Crippen LogP contribution in [0.3, 0.4) is 0 Å². The van der Waals surface area contributed by atoms with Crippen LogP contribution in [0.1, 0.15) is 17.2 Å². The van der Waals surface area contributed by atoms with E-state index in [9.17, 15) is 4.39 Å². The quantitative estimate of drug-likeness (QED) is 0.373. The fraction of sp³-hybridized carbons (Fsp3) is 0.185. The van der Waals surface area contributed by atoms with Gasteiger partial charge in [-0.3, -0.25) is 4.90 Å². The van der Waals surface area contributed by atoms with Gasteiger partial charge in [-0.2, -0.15) is 0 Å². The van der Waals surface area contributed by atoms with Crippen molar-refractivity contribution in [3.8, 4) is 0 Å². The summed E-state index contributed by atoms with van der Waals surface area (Å²) in [7, 11) is 0. The predicted octanol–water partition coefficient (Wildman–Crippen LogP) is 5.51. The van der Waals surface area contributed by atoms with Gasteiger partial charge in [0.2, 0.25) is 0 Å². The number of nitrogens with zero attached hydrogens (tertiary/aromatic N) is 4. The van der Waals surface area contributed by atoms with Crippen LogP contribution in [0.5, 0.6) is 0 Å². The highest BCUT2D eigenvalue weighted by Gasteiger charge is 2.28. The van der Waals surface area contributed by atoms with Crippen LogP contribution in [0.2, 0.25) is 5.02 Å². The Morgan fingerprint density at radius 3 is 2.09 bits per heavy atom. The second kappa shape index (κ2) is 10.3. The number of rotatable bonds is 6. The Balaban J connectivity index is 1.33. The van der Waals surface area contributed by atoms with Gasteiger partial charge in [-0.1, -0.05) is 72.3 Å². The van der Waals surface area contributed by atoms with Crippen LogP contribution in [-0.4, -0.2) is 41.0 Å². The summed E-state index contributed by atoms with van der Waals surface area (Å²) in [5.41, 5.74) is 10.1. The first-order chi connectivity index (χ1) is 17.1. The van der Waals surface area contributed by atoms with Crippen LogP contribution in [0.15, 0.2) is 85.2 Å². The normalized spacial score (nSPS) is 14.3. The molecule has 0 atom stereocenters. The van der Waals surface area contributed by atoms with Gasteiger partial charge in [0.1, 0.15) is 17.8 Å². The number of nitrogen functional groups attached to an aromatic ring is 1. The van der Waals surface area contributed by atoms with Crippen LogP contribution < -0.4 is 16.0 Å². The van der Waals surface area contributed by atoms with Crippen LogP contribution in [0, 0.1) is 5.82 Å². The van der Waals surface area contributed by atoms with E-state index in [1.165, 1.54) is 29.6 Å². The Bertz CT molecular complexity index is 1240. The largest absolute Gasteiger partial charge is 0.393 e. The third kappa shape index (κ3) is 5.06. The van der Waals surface area contributed by atoms with Gasteiger partial charge in [0.25, 0.3) is 0 Å². The highest BCUT2D eigenvalue weighted by molar-refractivity contribution is 6.31. The van der Waals surface area contributed by atoms with E-state index >= 15 is 0 Å². The van der Waals surface area contributed by atoms with Gasteiger partial charge in [-0.25, -0.2) is 14.4 Å². The summed E-state index contributed by atoms with van der Waals surface area (Å²) in [6.45, 7) is 3.26. The zero-order valence-electron chi connectivity index (χ0n) is 19.1. The lowest BCUT2D eigenvalue weighted by Crippen LogP contribution is -2.48. The first-order valence-electron chi connectivity index (χ1n) is 11.5. The van der Waals surface area contributed by atoms with E-state index < -0.39 is 5.82 Å². The molecule has 8 heteroatoms. The van der Waals surface area contributed by atoms with Gasteiger partial charge in [0.15, 0.2) is 11.6 Å². The maximum absolute atomic E-state index is 13.5. The second-order valence-corrected chi connectivity index (χ2v) is 8.87. The molecule has 0 bridgehead atoms. The molecular formula is C27H26ClFN6. The topological polar surface area (TPSA) is 70.3 Å². The van der Waals surface area contributed by atoms with Crippen molar-refractivity contribution in [1.82, 2.24) is 14.9 Å². The third-order valence-electron chi connectivity index (χ3n) is 6.25. The first-order valence-corrected chi connectivity index (χ1v) is 11.9. The molecule has 6 nitrogen and oxygen atoms in total. The predicted molar refractivity (Wildman–Crippen MR) is 140 cm³/mol. The van der Waals surface area contributed by atoms with E-state index in [-0.39, 0.29) is 11.1 Å². The number of nitrogens with two attached hydrogens (primary N) is 1. The number of nitrogens with one attached hydrogen (secondary N) is 1. The summed E-state index contributed by atoms with van der Waals surface area (Å²) in [5, 5.41) is 3.16. The maximum atomic E-state index is 13.5. The van der Waals surface area contributed by atoms with Gasteiger partial charge in [0.05, 0.1) is 11.1 Å². The zero-order valence-corrected chi connectivity index (χ0v) is 19.9. The molecule has 1 aromatic heterocycles. The fourth-order valence-corrected chi connectivity index (χ4v) is 4.71. The molecule has 1 saturated heterocycles. The Kier molecular flexibility index (Phi) is 6.79. The number of hydrogen-bond acceptors (Lipinski definition) is 6. The molecule has 1 aliphatic rings. The minimum absolute atomic E-state index is 0.0327. The Hall–Kier alpha value is -3.68. The molecule has 0 spiro atoms. The number of benzene rings is 3. The van der Waals surface area contributed by atoms with Crippen LogP contribution >= 0.6 is 11.6 Å². The Morgan fingerprint density at radius 2 is 1.49 bits per heavy atom. The zero-order chi connectivity index (χ0) is 24.2. The van der Waals surface area contributed by atoms with Crippen molar-refractivity contribution in [3.63, 3.8) is 0 Å². The molecule has 0 radical (unpaired) electrons. The molecule has 0 unspecified atom stereocenters. The molecule has 4 aromatic rings. The average molecular weight is 489 g/mol. The molecule has 0 amide bonds. The molecule has 1 aliphatic heterocycles. The average Bonchev–Trinajstić information content (AvgIpc) is 2.89. The number of anilines is 4. The highest BCUT2D eigenvalue weighted by atomic mass is 35.5. The molecule has 0 aliphatic carbocycles. The molecule has 2 heterocycles. The Labute approximate surface area is 209 Å². The van der Waals surface area contributed by atoms with Crippen molar-refractivity contribution in [3.05, 3.63) is 107 Å². The van der Waals surface area contributed by atoms with Crippen LogP contribution in [0.4, 0.5) is 27.4 Å². The van der Waals surface area contributed by atoms with Crippen molar-refractivity contribution >= 4 is 34.6 Å². The molecule has 0 saturated carbocycles. The van der Waals surface area contributed by atoms with E-state index in [4.69, 9.17) is 17.3 Å². The molecule has 178 valence electrons. The van der Waals surface area contributed by atoms with E-state index in [0.717, 1.165) is 26.2 Å². The summed E-state index contributed by atoms with van der Waals surface area (Å²) in [6, 6.07) is 25.8. The second-order valence-electron chi connectivity index (χ2n) is 8.46. The lowest BCUT2D eigenvalue weighted by molar-refractivity contribution is 0.212. The summed E-state index contributed by atoms with van der Waals surface area (Å²) in [5.74, 6) is 0.675. The smallest absolute Gasteiger partial charge is 0.159 e. The molecule has 3 N–H and O–H groups in total. The lowest BCUT2D eigenvalue weighted by atomic mass is 9.96. The highest BCUT2D eigenvalue weighted by Crippen LogP contribution is 2.33. The van der Waals surface area contributed by atoms with Crippen molar-refractivity contribution in [2.75, 3.05) is 42.1 Å². The SMILES string of the molecule is Nc1c(Nc2ccc(F)c(Cl)c2)ncnc1N1CCN(C(c2ccccc2)c2ccccc2)CC1. The molecule has 5 rings (SSSR count). The summed E-state index contributed by atoms with van der Waals surface area (Å²) in [4.78, 5) is 13.4. The maximum Gasteiger partial charge on any atom is 0.159 e. The first kappa shape index (κ1) is 23.1. The fourth-order valence-electron chi connectivity index (χ4n) is 4.53. The summed E-state index contributed by atoms with van der Waals surface area (Å²) < 4.78 is 13.5. The van der Waals surface area contributed by atoms with E-state index in [1.807, 2.05) is 12.1 Å². The Morgan fingerprint density at radius 1 is 0.857 bits per heavy atom. The van der Waals surface area contributed by atoms with Crippen LogP contribution in [0.25, 0.3) is 0 Å². The van der Waals surface area contributed by atoms with Crippen molar-refractivity contribution in [2.45, 2.75) is 6.04 Å². The van der Waals surface area contributed by atoms with Gasteiger partial charge in [-0.15, -0.1) is 0 Å². The minimum Gasteiger partial charge on any atom is -0.393 e. The van der Waals surface area contributed by atoms with E-state index in [0.29, 0.717) is 23.0 Å². The third-order valence-corrected chi connectivity index (χ3v) is 6.54. The van der Waals surface area contributed by atoms with Crippen LogP contribution in [-0.2, 0) is 0 Å². The summed E-state index contributed by atoms with van der Waals surface area (Å²) in [6.07, 6.45) is 1.49. The van der Waals surface area contributed by atoms with Gasteiger partial charge in [-0.05, 0) is 29.3 Å². The molecule has 35 heavy (non-hydrogen) atoms. The minimum atomic E-state index is -0.476. The molecular weight excluding hydrogens is 463 g/mol. The van der Waals surface area contributed by atoms with Gasteiger partial charge in [0, 0.05) is 31.9 Å².